The molecule has 1 aromatic heterocycles. The standard InChI is InChI=1S/C26H35N3O4/c1-17(2)13-14-31-25(30)33-19(4)32-24(23-15-18(3)28-29(23)8)22(16-27)20-9-11-21(12-10-20)26(5,6)7/h9-12,15,17,19H,13-14H2,1-8H3/b24-22-. The maximum Gasteiger partial charge on any atom is 0.511 e. The van der Waals surface area contributed by atoms with E-state index in [-0.39, 0.29) is 17.8 Å². The van der Waals surface area contributed by atoms with Gasteiger partial charge in [-0.1, -0.05) is 58.9 Å². The number of allylic oxidation sites excluding steroid dienone is 1. The molecular formula is C26H35N3O4. The number of hydrogen-bond donors (Lipinski definition) is 0. The number of ether oxygens (including phenoxy) is 3. The molecule has 0 spiro atoms. The van der Waals surface area contributed by atoms with E-state index in [1.54, 1.807) is 18.7 Å². The zero-order chi connectivity index (χ0) is 24.8. The molecule has 2 aromatic rings. The van der Waals surface area contributed by atoms with Crippen molar-refractivity contribution in [3.63, 3.8) is 0 Å². The molecule has 1 atom stereocenters. The second-order valence-electron chi connectivity index (χ2n) is 9.52. The Hall–Kier alpha value is -3.27. The average molecular weight is 454 g/mol. The molecule has 0 N–H and O–H groups in total. The van der Waals surface area contributed by atoms with Gasteiger partial charge < -0.3 is 14.2 Å². The predicted molar refractivity (Wildman–Crippen MR) is 128 cm³/mol. The summed E-state index contributed by atoms with van der Waals surface area (Å²) in [7, 11) is 1.77. The lowest BCUT2D eigenvalue weighted by Gasteiger charge is -2.20. The number of aromatic nitrogens is 2. The summed E-state index contributed by atoms with van der Waals surface area (Å²) >= 11 is 0. The minimum atomic E-state index is -0.973. The Bertz CT molecular complexity index is 1020. The predicted octanol–water partition coefficient (Wildman–Crippen LogP) is 5.98. The molecule has 178 valence electrons. The Morgan fingerprint density at radius 3 is 2.27 bits per heavy atom. The Labute approximate surface area is 197 Å². The van der Waals surface area contributed by atoms with Gasteiger partial charge in [0.2, 0.25) is 6.29 Å². The fourth-order valence-electron chi connectivity index (χ4n) is 3.19. The van der Waals surface area contributed by atoms with Crippen LogP contribution >= 0.6 is 0 Å². The molecule has 0 aliphatic heterocycles. The van der Waals surface area contributed by atoms with Gasteiger partial charge in [0.25, 0.3) is 0 Å². The van der Waals surface area contributed by atoms with Crippen molar-refractivity contribution in [2.24, 2.45) is 13.0 Å². The first-order valence-corrected chi connectivity index (χ1v) is 11.2. The van der Waals surface area contributed by atoms with Gasteiger partial charge in [-0.05, 0) is 41.9 Å². The van der Waals surface area contributed by atoms with E-state index in [0.29, 0.717) is 22.7 Å². The van der Waals surface area contributed by atoms with Crippen molar-refractivity contribution >= 4 is 17.5 Å². The van der Waals surface area contributed by atoms with Crippen LogP contribution < -0.4 is 0 Å². The number of aryl methyl sites for hydroxylation is 2. The molecule has 1 aromatic carbocycles. The second-order valence-corrected chi connectivity index (χ2v) is 9.52. The van der Waals surface area contributed by atoms with E-state index < -0.39 is 12.4 Å². The minimum Gasteiger partial charge on any atom is -0.451 e. The van der Waals surface area contributed by atoms with Crippen LogP contribution in [0, 0.1) is 24.2 Å². The zero-order valence-electron chi connectivity index (χ0n) is 20.9. The van der Waals surface area contributed by atoms with Crippen molar-refractivity contribution in [2.45, 2.75) is 66.6 Å². The summed E-state index contributed by atoms with van der Waals surface area (Å²) in [5, 5.41) is 14.4. The van der Waals surface area contributed by atoms with Crippen LogP contribution in [0.4, 0.5) is 4.79 Å². The molecule has 0 amide bonds. The van der Waals surface area contributed by atoms with E-state index in [1.807, 2.05) is 51.1 Å². The van der Waals surface area contributed by atoms with Gasteiger partial charge in [0, 0.05) is 14.0 Å². The molecule has 0 radical (unpaired) electrons. The van der Waals surface area contributed by atoms with Gasteiger partial charge >= 0.3 is 6.16 Å². The van der Waals surface area contributed by atoms with Crippen LogP contribution in [0.25, 0.3) is 11.3 Å². The second kappa shape index (κ2) is 11.0. The van der Waals surface area contributed by atoms with Gasteiger partial charge in [-0.15, -0.1) is 0 Å². The molecule has 0 fully saturated rings. The van der Waals surface area contributed by atoms with E-state index in [9.17, 15) is 10.1 Å². The van der Waals surface area contributed by atoms with Crippen LogP contribution in [-0.4, -0.2) is 28.8 Å². The first-order chi connectivity index (χ1) is 15.4. The summed E-state index contributed by atoms with van der Waals surface area (Å²) in [5.74, 6) is 0.698. The van der Waals surface area contributed by atoms with Crippen LogP contribution in [0.5, 0.6) is 0 Å². The Morgan fingerprint density at radius 2 is 1.79 bits per heavy atom. The highest BCUT2D eigenvalue weighted by Gasteiger charge is 2.23. The number of nitrogens with zero attached hydrogens (tertiary/aromatic N) is 3. The summed E-state index contributed by atoms with van der Waals surface area (Å²) in [6.07, 6.45) is -1.04. The van der Waals surface area contributed by atoms with Crippen LogP contribution in [0.15, 0.2) is 30.3 Å². The maximum atomic E-state index is 12.0. The largest absolute Gasteiger partial charge is 0.511 e. The summed E-state index contributed by atoms with van der Waals surface area (Å²) in [4.78, 5) is 12.0. The van der Waals surface area contributed by atoms with Crippen LogP contribution in [-0.2, 0) is 26.7 Å². The van der Waals surface area contributed by atoms with E-state index in [2.05, 4.69) is 31.9 Å². The fraction of sp³-hybridized carbons (Fsp3) is 0.500. The average Bonchev–Trinajstić information content (AvgIpc) is 3.05. The molecule has 1 heterocycles. The molecule has 1 unspecified atom stereocenters. The van der Waals surface area contributed by atoms with E-state index in [0.717, 1.165) is 17.7 Å². The molecule has 33 heavy (non-hydrogen) atoms. The van der Waals surface area contributed by atoms with E-state index in [4.69, 9.17) is 14.2 Å². The molecule has 7 heteroatoms. The van der Waals surface area contributed by atoms with E-state index >= 15 is 0 Å². The van der Waals surface area contributed by atoms with Gasteiger partial charge in [0.15, 0.2) is 5.76 Å². The fourth-order valence-corrected chi connectivity index (χ4v) is 3.19. The van der Waals surface area contributed by atoms with Crippen LogP contribution in [0.1, 0.15) is 70.5 Å². The lowest BCUT2D eigenvalue weighted by Crippen LogP contribution is -2.20. The number of carbonyl (C=O) groups excluding carboxylic acids is 1. The quantitative estimate of drug-likeness (QED) is 0.211. The summed E-state index contributed by atoms with van der Waals surface area (Å²) in [6.45, 7) is 14.2. The van der Waals surface area contributed by atoms with Crippen molar-refractivity contribution in [1.29, 1.82) is 5.26 Å². The Morgan fingerprint density at radius 1 is 1.15 bits per heavy atom. The normalized spacial score (nSPS) is 13.2. The summed E-state index contributed by atoms with van der Waals surface area (Å²) < 4.78 is 18.0. The number of hydrogen-bond acceptors (Lipinski definition) is 6. The SMILES string of the molecule is Cc1cc(/C(OC(C)OC(=O)OCCC(C)C)=C(\C#N)c2ccc(C(C)(C)C)cc2)n(C)n1. The Balaban J connectivity index is 2.37. The van der Waals surface area contributed by atoms with Gasteiger partial charge in [-0.2, -0.15) is 10.4 Å². The third kappa shape index (κ3) is 7.38. The van der Waals surface area contributed by atoms with Crippen LogP contribution in [0.2, 0.25) is 0 Å². The smallest absolute Gasteiger partial charge is 0.451 e. The minimum absolute atomic E-state index is 0.00812. The van der Waals surface area contributed by atoms with Gasteiger partial charge in [-0.3, -0.25) is 4.68 Å². The number of benzene rings is 1. The van der Waals surface area contributed by atoms with Crippen molar-refractivity contribution in [1.82, 2.24) is 9.78 Å². The molecule has 0 saturated carbocycles. The highest BCUT2D eigenvalue weighted by molar-refractivity contribution is 5.94. The summed E-state index contributed by atoms with van der Waals surface area (Å²) in [5.41, 5.74) is 3.55. The molecule has 7 nitrogen and oxygen atoms in total. The van der Waals surface area contributed by atoms with Gasteiger partial charge in [0.1, 0.15) is 17.3 Å². The lowest BCUT2D eigenvalue weighted by molar-refractivity contribution is -0.0676. The van der Waals surface area contributed by atoms with Gasteiger partial charge in [-0.25, -0.2) is 4.79 Å². The molecule has 0 aliphatic rings. The highest BCUT2D eigenvalue weighted by Crippen LogP contribution is 2.31. The van der Waals surface area contributed by atoms with Crippen molar-refractivity contribution < 1.29 is 19.0 Å². The zero-order valence-corrected chi connectivity index (χ0v) is 20.9. The molecular weight excluding hydrogens is 418 g/mol. The van der Waals surface area contributed by atoms with Gasteiger partial charge in [0.05, 0.1) is 12.3 Å². The first kappa shape index (κ1) is 26.0. The Kier molecular flexibility index (Phi) is 8.69. The maximum absolute atomic E-state index is 12.0. The third-order valence-electron chi connectivity index (χ3n) is 5.07. The molecule has 0 aliphatic carbocycles. The lowest BCUT2D eigenvalue weighted by atomic mass is 9.86. The number of carbonyl (C=O) groups is 1. The first-order valence-electron chi connectivity index (χ1n) is 11.2. The number of nitriles is 1. The molecule has 0 bridgehead atoms. The van der Waals surface area contributed by atoms with Crippen molar-refractivity contribution in [2.75, 3.05) is 6.61 Å². The molecule has 2 rings (SSSR count). The summed E-state index contributed by atoms with van der Waals surface area (Å²) in [6, 6.07) is 11.9. The van der Waals surface area contributed by atoms with Crippen LogP contribution in [0.3, 0.4) is 0 Å². The monoisotopic (exact) mass is 453 g/mol. The molecule has 0 saturated heterocycles. The topological polar surface area (TPSA) is 86.4 Å². The third-order valence-corrected chi connectivity index (χ3v) is 5.07. The van der Waals surface area contributed by atoms with Crippen molar-refractivity contribution in [3.8, 4) is 6.07 Å². The number of rotatable bonds is 8. The van der Waals surface area contributed by atoms with E-state index in [1.165, 1.54) is 0 Å². The highest BCUT2D eigenvalue weighted by atomic mass is 16.8. The van der Waals surface area contributed by atoms with Crippen molar-refractivity contribution in [3.05, 3.63) is 52.8 Å².